The number of carbonyl (C=O) groups is 3. The summed E-state index contributed by atoms with van der Waals surface area (Å²) in [7, 11) is 0. The molecule has 7 nitrogen and oxygen atoms in total. The number of nitrogens with one attached hydrogen (secondary N) is 1. The molecule has 2 aromatic rings. The molecule has 1 fully saturated rings. The molecule has 10 heteroatoms. The standard InChI is InChI=1S/C26H29F3N2O5/c1-3-25(4-2)22(34)31(23(25)36-20-14-10-18(11-15-20)21(32)33)24(35)30-16-6-5-7-17-8-12-19(13-9-17)26(27,28)29/h8-15,23H,3-7,16H2,1-2H3,(H,30,35)(H,32,33)/t23-/m0/s1. The number of β-lactam (4-membered cyclic amide) rings is 1. The zero-order valence-electron chi connectivity index (χ0n) is 20.1. The van der Waals surface area contributed by atoms with Gasteiger partial charge in [-0.1, -0.05) is 26.0 Å². The number of rotatable bonds is 10. The Labute approximate surface area is 207 Å². The van der Waals surface area contributed by atoms with Gasteiger partial charge in [0.25, 0.3) is 0 Å². The molecule has 3 amide bonds. The molecule has 0 bridgehead atoms. The summed E-state index contributed by atoms with van der Waals surface area (Å²) in [5.74, 6) is -1.06. The lowest BCUT2D eigenvalue weighted by Crippen LogP contribution is -2.73. The highest BCUT2D eigenvalue weighted by Crippen LogP contribution is 2.46. The van der Waals surface area contributed by atoms with Crippen LogP contribution in [0.5, 0.6) is 5.75 Å². The number of carboxylic acids is 1. The van der Waals surface area contributed by atoms with Crippen LogP contribution in [0.15, 0.2) is 48.5 Å². The molecular weight excluding hydrogens is 477 g/mol. The number of aryl methyl sites for hydroxylation is 1. The molecule has 2 aromatic carbocycles. The highest BCUT2D eigenvalue weighted by atomic mass is 19.4. The SMILES string of the molecule is CCC1(CC)C(=O)N(C(=O)NCCCCc2ccc(C(F)(F)F)cc2)[C@H]1Oc1ccc(C(=O)O)cc1. The molecule has 1 saturated heterocycles. The number of aromatic carboxylic acids is 1. The zero-order valence-corrected chi connectivity index (χ0v) is 20.1. The van der Waals surface area contributed by atoms with Gasteiger partial charge in [0.05, 0.1) is 11.1 Å². The Bertz CT molecular complexity index is 1080. The predicted molar refractivity (Wildman–Crippen MR) is 125 cm³/mol. The van der Waals surface area contributed by atoms with Crippen LogP contribution in [0.1, 0.15) is 61.0 Å². The summed E-state index contributed by atoms with van der Waals surface area (Å²) in [6, 6.07) is 10.2. The van der Waals surface area contributed by atoms with Crippen LogP contribution >= 0.6 is 0 Å². The summed E-state index contributed by atoms with van der Waals surface area (Å²) in [5, 5.41) is 11.8. The van der Waals surface area contributed by atoms with Crippen molar-refractivity contribution < 1.29 is 37.4 Å². The van der Waals surface area contributed by atoms with Gasteiger partial charge in [-0.05, 0) is 74.1 Å². The predicted octanol–water partition coefficient (Wildman–Crippen LogP) is 5.49. The Hall–Kier alpha value is -3.56. The lowest BCUT2D eigenvalue weighted by molar-refractivity contribution is -0.190. The molecule has 0 saturated carbocycles. The van der Waals surface area contributed by atoms with Gasteiger partial charge in [0.1, 0.15) is 11.2 Å². The Morgan fingerprint density at radius 2 is 1.64 bits per heavy atom. The summed E-state index contributed by atoms with van der Waals surface area (Å²) in [4.78, 5) is 37.8. The fourth-order valence-corrected chi connectivity index (χ4v) is 4.30. The van der Waals surface area contributed by atoms with Crippen LogP contribution in [0, 0.1) is 5.41 Å². The quantitative estimate of drug-likeness (QED) is 0.328. The lowest BCUT2D eigenvalue weighted by Gasteiger charge is -2.53. The van der Waals surface area contributed by atoms with Crippen LogP contribution in [-0.4, -0.2) is 40.7 Å². The van der Waals surface area contributed by atoms with E-state index in [-0.39, 0.29) is 18.0 Å². The number of hydrogen-bond donors (Lipinski definition) is 2. The van der Waals surface area contributed by atoms with E-state index >= 15 is 0 Å². The van der Waals surface area contributed by atoms with Crippen molar-refractivity contribution in [2.45, 2.75) is 58.4 Å². The van der Waals surface area contributed by atoms with Crippen molar-refractivity contribution in [2.24, 2.45) is 5.41 Å². The second-order valence-electron chi connectivity index (χ2n) is 8.72. The van der Waals surface area contributed by atoms with Crippen LogP contribution < -0.4 is 10.1 Å². The number of carboxylic acid groups (broad SMARTS) is 1. The van der Waals surface area contributed by atoms with Gasteiger partial charge in [0.2, 0.25) is 5.91 Å². The van der Waals surface area contributed by atoms with Crippen molar-refractivity contribution in [3.05, 3.63) is 65.2 Å². The molecule has 2 N–H and O–H groups in total. The minimum absolute atomic E-state index is 0.0928. The number of likely N-dealkylation sites (tertiary alicyclic amines) is 1. The average molecular weight is 507 g/mol. The number of benzene rings is 2. The number of alkyl halides is 3. The topological polar surface area (TPSA) is 95.9 Å². The summed E-state index contributed by atoms with van der Waals surface area (Å²) in [6.45, 7) is 3.98. The fourth-order valence-electron chi connectivity index (χ4n) is 4.30. The molecule has 0 aromatic heterocycles. The van der Waals surface area contributed by atoms with Crippen molar-refractivity contribution in [1.29, 1.82) is 0 Å². The van der Waals surface area contributed by atoms with Gasteiger partial charge in [0.15, 0.2) is 6.23 Å². The van der Waals surface area contributed by atoms with E-state index in [2.05, 4.69) is 5.32 Å². The Morgan fingerprint density at radius 1 is 1.03 bits per heavy atom. The first kappa shape index (κ1) is 27.0. The van der Waals surface area contributed by atoms with E-state index in [1.54, 1.807) is 0 Å². The van der Waals surface area contributed by atoms with E-state index in [9.17, 15) is 27.6 Å². The second-order valence-corrected chi connectivity index (χ2v) is 8.72. The first-order valence-corrected chi connectivity index (χ1v) is 11.8. The van der Waals surface area contributed by atoms with Crippen molar-refractivity contribution in [3.63, 3.8) is 0 Å². The number of halogens is 3. The first-order valence-electron chi connectivity index (χ1n) is 11.8. The van der Waals surface area contributed by atoms with Crippen molar-refractivity contribution in [3.8, 4) is 5.75 Å². The third kappa shape index (κ3) is 5.63. The van der Waals surface area contributed by atoms with Gasteiger partial charge in [-0.2, -0.15) is 13.2 Å². The smallest absolute Gasteiger partial charge is 0.416 e. The highest BCUT2D eigenvalue weighted by Gasteiger charge is 2.62. The molecule has 0 aliphatic carbocycles. The molecule has 1 heterocycles. The van der Waals surface area contributed by atoms with Crippen LogP contribution in [0.2, 0.25) is 0 Å². The lowest BCUT2D eigenvalue weighted by atomic mass is 9.72. The second kappa shape index (κ2) is 11.0. The maximum Gasteiger partial charge on any atom is 0.416 e. The van der Waals surface area contributed by atoms with Crippen molar-refractivity contribution in [1.82, 2.24) is 10.2 Å². The normalized spacial score (nSPS) is 16.9. The monoisotopic (exact) mass is 506 g/mol. The van der Waals surface area contributed by atoms with Gasteiger partial charge >= 0.3 is 18.2 Å². The molecule has 194 valence electrons. The Morgan fingerprint density at radius 3 is 2.17 bits per heavy atom. The number of unbranched alkanes of at least 4 members (excludes halogenated alkanes) is 1. The van der Waals surface area contributed by atoms with Gasteiger partial charge in [0, 0.05) is 6.54 Å². The third-order valence-electron chi connectivity index (χ3n) is 6.63. The molecule has 1 atom stereocenters. The first-order chi connectivity index (χ1) is 17.0. The minimum atomic E-state index is -4.37. The minimum Gasteiger partial charge on any atom is -0.478 e. The van der Waals surface area contributed by atoms with Crippen LogP contribution in [0.3, 0.4) is 0 Å². The number of ether oxygens (including phenoxy) is 1. The maximum atomic E-state index is 12.9. The van der Waals surface area contributed by atoms with Crippen molar-refractivity contribution >= 4 is 17.9 Å². The molecule has 1 aliphatic heterocycles. The van der Waals surface area contributed by atoms with E-state index < -0.39 is 35.4 Å². The molecule has 36 heavy (non-hydrogen) atoms. The third-order valence-corrected chi connectivity index (χ3v) is 6.63. The van der Waals surface area contributed by atoms with Crippen LogP contribution in [0.4, 0.5) is 18.0 Å². The summed E-state index contributed by atoms with van der Waals surface area (Å²) in [6.07, 6.45) is -2.49. The fraction of sp³-hybridized carbons (Fsp3) is 0.423. The van der Waals surface area contributed by atoms with Gasteiger partial charge in [-0.25, -0.2) is 14.5 Å². The van der Waals surface area contributed by atoms with Crippen molar-refractivity contribution in [2.75, 3.05) is 6.54 Å². The van der Waals surface area contributed by atoms with E-state index in [1.165, 1.54) is 36.4 Å². The largest absolute Gasteiger partial charge is 0.478 e. The molecule has 0 unspecified atom stereocenters. The summed E-state index contributed by atoms with van der Waals surface area (Å²) < 4.78 is 44.0. The number of nitrogens with zero attached hydrogens (tertiary/aromatic N) is 1. The number of carbonyl (C=O) groups excluding carboxylic acids is 2. The van der Waals surface area contributed by atoms with E-state index in [0.29, 0.717) is 37.9 Å². The van der Waals surface area contributed by atoms with Crippen LogP contribution in [0.25, 0.3) is 0 Å². The highest BCUT2D eigenvalue weighted by molar-refractivity contribution is 6.03. The number of imide groups is 1. The zero-order chi connectivity index (χ0) is 26.5. The van der Waals surface area contributed by atoms with Gasteiger partial charge in [-0.15, -0.1) is 0 Å². The molecule has 1 aliphatic rings. The van der Waals surface area contributed by atoms with Crippen LogP contribution in [-0.2, 0) is 17.4 Å². The number of hydrogen-bond acceptors (Lipinski definition) is 4. The summed E-state index contributed by atoms with van der Waals surface area (Å²) >= 11 is 0. The van der Waals surface area contributed by atoms with E-state index in [0.717, 1.165) is 22.6 Å². The molecular formula is C26H29F3N2O5. The Balaban J connectivity index is 1.54. The van der Waals surface area contributed by atoms with E-state index in [4.69, 9.17) is 9.84 Å². The Kier molecular flexibility index (Phi) is 8.27. The van der Waals surface area contributed by atoms with Gasteiger partial charge < -0.3 is 15.2 Å². The maximum absolute atomic E-state index is 12.9. The number of amides is 3. The summed E-state index contributed by atoms with van der Waals surface area (Å²) in [5.41, 5.74) is -0.686. The number of urea groups is 1. The molecule has 3 rings (SSSR count). The molecule has 0 spiro atoms. The average Bonchev–Trinajstić information content (AvgIpc) is 2.84. The molecule has 0 radical (unpaired) electrons. The van der Waals surface area contributed by atoms with Gasteiger partial charge in [-0.3, -0.25) is 4.79 Å². The van der Waals surface area contributed by atoms with E-state index in [1.807, 2.05) is 13.8 Å².